The predicted molar refractivity (Wildman–Crippen MR) is 95.0 cm³/mol. The lowest BCUT2D eigenvalue weighted by molar-refractivity contribution is -0.143. The molecule has 140 valence electrons. The van der Waals surface area contributed by atoms with E-state index in [9.17, 15) is 19.5 Å². The minimum Gasteiger partial charge on any atom is -0.480 e. The molecule has 0 bridgehead atoms. The van der Waals surface area contributed by atoms with Crippen molar-refractivity contribution < 1.29 is 24.2 Å². The average Bonchev–Trinajstić information content (AvgIpc) is 2.68. The van der Waals surface area contributed by atoms with Crippen LogP contribution in [0.4, 0.5) is 5.69 Å². The third-order valence-electron chi connectivity index (χ3n) is 4.90. The number of carbonyl (C=O) groups excluding carboxylic acids is 2. The second kappa shape index (κ2) is 8.31. The molecule has 1 aromatic carbocycles. The Balaban J connectivity index is 1.70. The first-order chi connectivity index (χ1) is 12.6. The number of benzene rings is 1. The molecule has 0 aliphatic carbocycles. The number of carboxylic acids is 1. The van der Waals surface area contributed by atoms with Crippen molar-refractivity contribution >= 4 is 23.5 Å². The molecule has 2 aliphatic rings. The highest BCUT2D eigenvalue weighted by Crippen LogP contribution is 2.22. The number of hydrogen-bond donors (Lipinski definition) is 2. The third kappa shape index (κ3) is 4.22. The SMILES string of the molecule is O=C(Nc1cccc(C(=O)N2CCCCC2C(=O)O)c1)C1CCCCO1. The van der Waals surface area contributed by atoms with Gasteiger partial charge in [-0.3, -0.25) is 9.59 Å². The Bertz CT molecular complexity index is 684. The van der Waals surface area contributed by atoms with Crippen LogP contribution in [0, 0.1) is 0 Å². The van der Waals surface area contributed by atoms with E-state index in [2.05, 4.69) is 5.32 Å². The number of ether oxygens (including phenoxy) is 1. The summed E-state index contributed by atoms with van der Waals surface area (Å²) in [6, 6.07) is 5.84. The molecule has 0 saturated carbocycles. The molecule has 2 unspecified atom stereocenters. The Labute approximate surface area is 152 Å². The monoisotopic (exact) mass is 360 g/mol. The molecule has 2 atom stereocenters. The van der Waals surface area contributed by atoms with Crippen LogP contribution in [-0.2, 0) is 14.3 Å². The van der Waals surface area contributed by atoms with E-state index in [0.717, 1.165) is 25.7 Å². The maximum absolute atomic E-state index is 12.8. The first-order valence-corrected chi connectivity index (χ1v) is 9.12. The molecule has 2 N–H and O–H groups in total. The van der Waals surface area contributed by atoms with Crippen LogP contribution in [0.25, 0.3) is 0 Å². The van der Waals surface area contributed by atoms with Gasteiger partial charge in [0, 0.05) is 24.4 Å². The van der Waals surface area contributed by atoms with Crippen LogP contribution in [0.5, 0.6) is 0 Å². The van der Waals surface area contributed by atoms with Gasteiger partial charge in [0.1, 0.15) is 12.1 Å². The van der Waals surface area contributed by atoms with Crippen molar-refractivity contribution in [3.8, 4) is 0 Å². The molecule has 2 aliphatic heterocycles. The van der Waals surface area contributed by atoms with Crippen molar-refractivity contribution in [1.82, 2.24) is 4.90 Å². The molecule has 1 aromatic rings. The van der Waals surface area contributed by atoms with Gasteiger partial charge >= 0.3 is 5.97 Å². The van der Waals surface area contributed by atoms with Crippen LogP contribution in [0.1, 0.15) is 48.9 Å². The van der Waals surface area contributed by atoms with Crippen LogP contribution < -0.4 is 5.32 Å². The van der Waals surface area contributed by atoms with Crippen molar-refractivity contribution in [2.24, 2.45) is 0 Å². The van der Waals surface area contributed by atoms with E-state index in [1.54, 1.807) is 24.3 Å². The number of likely N-dealkylation sites (tertiary alicyclic amines) is 1. The van der Waals surface area contributed by atoms with Crippen LogP contribution in [-0.4, -0.2) is 53.1 Å². The summed E-state index contributed by atoms with van der Waals surface area (Å²) in [6.07, 6.45) is 4.23. The lowest BCUT2D eigenvalue weighted by atomic mass is 10.0. The normalized spacial score (nSPS) is 23.3. The molecule has 0 radical (unpaired) electrons. The molecule has 26 heavy (non-hydrogen) atoms. The second-order valence-electron chi connectivity index (χ2n) is 6.77. The largest absolute Gasteiger partial charge is 0.480 e. The fourth-order valence-electron chi connectivity index (χ4n) is 3.50. The number of rotatable bonds is 4. The molecule has 7 heteroatoms. The second-order valence-corrected chi connectivity index (χ2v) is 6.77. The maximum Gasteiger partial charge on any atom is 0.326 e. The van der Waals surface area contributed by atoms with E-state index in [1.807, 2.05) is 0 Å². The molecule has 7 nitrogen and oxygen atoms in total. The zero-order valence-corrected chi connectivity index (χ0v) is 14.6. The summed E-state index contributed by atoms with van der Waals surface area (Å²) in [7, 11) is 0. The zero-order chi connectivity index (χ0) is 18.5. The summed E-state index contributed by atoms with van der Waals surface area (Å²) >= 11 is 0. The highest BCUT2D eigenvalue weighted by atomic mass is 16.5. The van der Waals surface area contributed by atoms with Crippen molar-refractivity contribution in [1.29, 1.82) is 0 Å². The number of carbonyl (C=O) groups is 3. The smallest absolute Gasteiger partial charge is 0.326 e. The topological polar surface area (TPSA) is 95.9 Å². The molecule has 3 rings (SSSR count). The van der Waals surface area contributed by atoms with Crippen molar-refractivity contribution in [3.05, 3.63) is 29.8 Å². The lowest BCUT2D eigenvalue weighted by Crippen LogP contribution is -2.48. The number of aliphatic carboxylic acids is 1. The van der Waals surface area contributed by atoms with Crippen molar-refractivity contribution in [2.45, 2.75) is 50.7 Å². The minimum atomic E-state index is -0.975. The number of amides is 2. The van der Waals surface area contributed by atoms with Gasteiger partial charge in [-0.15, -0.1) is 0 Å². The Morgan fingerprint density at radius 2 is 1.92 bits per heavy atom. The minimum absolute atomic E-state index is 0.212. The summed E-state index contributed by atoms with van der Waals surface area (Å²) < 4.78 is 5.47. The van der Waals surface area contributed by atoms with Gasteiger partial charge in [-0.25, -0.2) is 4.79 Å². The summed E-state index contributed by atoms with van der Waals surface area (Å²) in [6.45, 7) is 1.02. The Hall–Kier alpha value is -2.41. The van der Waals surface area contributed by atoms with Crippen LogP contribution in [0.3, 0.4) is 0 Å². The lowest BCUT2D eigenvalue weighted by Gasteiger charge is -2.33. The van der Waals surface area contributed by atoms with E-state index in [-0.39, 0.29) is 11.8 Å². The Morgan fingerprint density at radius 1 is 1.12 bits per heavy atom. The number of nitrogens with zero attached hydrogens (tertiary/aromatic N) is 1. The third-order valence-corrected chi connectivity index (χ3v) is 4.90. The molecular weight excluding hydrogens is 336 g/mol. The van der Waals surface area contributed by atoms with E-state index in [4.69, 9.17) is 4.74 Å². The highest BCUT2D eigenvalue weighted by Gasteiger charge is 2.32. The highest BCUT2D eigenvalue weighted by molar-refractivity contribution is 5.99. The molecule has 2 saturated heterocycles. The van der Waals surface area contributed by atoms with Crippen LogP contribution >= 0.6 is 0 Å². The van der Waals surface area contributed by atoms with E-state index in [0.29, 0.717) is 37.2 Å². The first-order valence-electron chi connectivity index (χ1n) is 9.12. The van der Waals surface area contributed by atoms with Gasteiger partial charge in [-0.05, 0) is 56.7 Å². The van der Waals surface area contributed by atoms with Gasteiger partial charge in [-0.2, -0.15) is 0 Å². The van der Waals surface area contributed by atoms with Gasteiger partial charge in [0.15, 0.2) is 0 Å². The van der Waals surface area contributed by atoms with Gasteiger partial charge in [0.05, 0.1) is 0 Å². The number of hydrogen-bond acceptors (Lipinski definition) is 4. The first kappa shape index (κ1) is 18.4. The fourth-order valence-corrected chi connectivity index (χ4v) is 3.50. The average molecular weight is 360 g/mol. The molecule has 2 fully saturated rings. The molecule has 0 spiro atoms. The quantitative estimate of drug-likeness (QED) is 0.859. The summed E-state index contributed by atoms with van der Waals surface area (Å²) in [5, 5.41) is 12.2. The van der Waals surface area contributed by atoms with Crippen LogP contribution in [0.15, 0.2) is 24.3 Å². The predicted octanol–water partition coefficient (Wildman–Crippen LogP) is 2.27. The van der Waals surface area contributed by atoms with E-state index in [1.165, 1.54) is 4.90 Å². The van der Waals surface area contributed by atoms with Gasteiger partial charge in [0.25, 0.3) is 11.8 Å². The van der Waals surface area contributed by atoms with Gasteiger partial charge in [-0.1, -0.05) is 6.07 Å². The number of nitrogens with one attached hydrogen (secondary N) is 1. The molecule has 2 amide bonds. The van der Waals surface area contributed by atoms with Gasteiger partial charge < -0.3 is 20.1 Å². The summed E-state index contributed by atoms with van der Waals surface area (Å²) in [4.78, 5) is 37.9. The van der Waals surface area contributed by atoms with E-state index < -0.39 is 18.1 Å². The Kier molecular flexibility index (Phi) is 5.88. The van der Waals surface area contributed by atoms with Crippen molar-refractivity contribution in [3.63, 3.8) is 0 Å². The van der Waals surface area contributed by atoms with E-state index >= 15 is 0 Å². The number of anilines is 1. The van der Waals surface area contributed by atoms with Crippen molar-refractivity contribution in [2.75, 3.05) is 18.5 Å². The number of carboxylic acid groups (broad SMARTS) is 1. The number of piperidine rings is 1. The summed E-state index contributed by atoms with van der Waals surface area (Å²) in [5.41, 5.74) is 0.888. The molecular formula is C19H24N2O5. The fraction of sp³-hybridized carbons (Fsp3) is 0.526. The summed E-state index contributed by atoms with van der Waals surface area (Å²) in [5.74, 6) is -1.50. The standard InChI is InChI=1S/C19H24N2O5/c22-17(16-9-2-4-11-26-16)20-14-7-5-6-13(12-14)18(23)21-10-3-1-8-15(21)19(24)25/h5-7,12,15-16H,1-4,8-11H2,(H,20,22)(H,24,25). The molecule has 0 aromatic heterocycles. The van der Waals surface area contributed by atoms with Gasteiger partial charge in [0.2, 0.25) is 0 Å². The maximum atomic E-state index is 12.8. The zero-order valence-electron chi connectivity index (χ0n) is 14.6. The van der Waals surface area contributed by atoms with Crippen LogP contribution in [0.2, 0.25) is 0 Å². The molecule has 2 heterocycles. The Morgan fingerprint density at radius 3 is 2.65 bits per heavy atom.